The smallest absolute Gasteiger partial charge is 0.306 e. The maximum absolute atomic E-state index is 11.9. The normalized spacial score (nSPS) is 10.8. The van der Waals surface area contributed by atoms with Gasteiger partial charge in [-0.1, -0.05) is 12.1 Å². The highest BCUT2D eigenvalue weighted by Crippen LogP contribution is 2.37. The lowest BCUT2D eigenvalue weighted by Gasteiger charge is -2.19. The molecule has 0 saturated heterocycles. The minimum atomic E-state index is -0.525. The van der Waals surface area contributed by atoms with Gasteiger partial charge in [0.15, 0.2) is 0 Å². The summed E-state index contributed by atoms with van der Waals surface area (Å²) in [4.78, 5) is 32.2. The Balaban J connectivity index is 1.78. The van der Waals surface area contributed by atoms with Crippen molar-refractivity contribution in [1.29, 1.82) is 10.5 Å². The summed E-state index contributed by atoms with van der Waals surface area (Å²) in [5, 5.41) is 22.8. The van der Waals surface area contributed by atoms with Crippen molar-refractivity contribution in [3.05, 3.63) is 65.0 Å². The SMILES string of the molecule is CNC(=O)c1cc(CSc2nc(N)c(C#N)c(-c3ccc(OCCCC(=O)OC(C)(C)C)cc3)c2C#N)ccn1. The first-order valence-corrected chi connectivity index (χ1v) is 13.4. The Kier molecular flexibility index (Phi) is 10.1. The van der Waals surface area contributed by atoms with E-state index in [-0.39, 0.29) is 40.9 Å². The average molecular weight is 559 g/mol. The number of rotatable bonds is 10. The van der Waals surface area contributed by atoms with Gasteiger partial charge in [0, 0.05) is 31.0 Å². The molecule has 2 aromatic heterocycles. The molecule has 2 heterocycles. The van der Waals surface area contributed by atoms with Gasteiger partial charge in [0.1, 0.15) is 45.6 Å². The first-order valence-electron chi connectivity index (χ1n) is 12.4. The molecule has 10 nitrogen and oxygen atoms in total. The molecule has 1 amide bonds. The van der Waals surface area contributed by atoms with Crippen LogP contribution in [0.15, 0.2) is 47.6 Å². The van der Waals surface area contributed by atoms with E-state index in [1.54, 1.807) is 42.6 Å². The second-order valence-electron chi connectivity index (χ2n) is 9.63. The summed E-state index contributed by atoms with van der Waals surface area (Å²) in [6.07, 6.45) is 2.28. The fourth-order valence-corrected chi connectivity index (χ4v) is 4.61. The molecule has 0 aliphatic rings. The van der Waals surface area contributed by atoms with Gasteiger partial charge in [-0.25, -0.2) is 4.98 Å². The van der Waals surface area contributed by atoms with Gasteiger partial charge in [0.05, 0.1) is 12.2 Å². The quantitative estimate of drug-likeness (QED) is 0.204. The van der Waals surface area contributed by atoms with Crippen molar-refractivity contribution in [3.8, 4) is 29.0 Å². The lowest BCUT2D eigenvalue weighted by Crippen LogP contribution is -2.23. The zero-order valence-corrected chi connectivity index (χ0v) is 23.6. The van der Waals surface area contributed by atoms with Crippen molar-refractivity contribution in [2.75, 3.05) is 19.4 Å². The number of nitrogens with zero attached hydrogens (tertiary/aromatic N) is 4. The molecule has 0 atom stereocenters. The van der Waals surface area contributed by atoms with Crippen LogP contribution in [0.3, 0.4) is 0 Å². The molecule has 1 aromatic carbocycles. The minimum Gasteiger partial charge on any atom is -0.494 e. The van der Waals surface area contributed by atoms with Gasteiger partial charge >= 0.3 is 5.97 Å². The Morgan fingerprint density at radius 1 is 1.10 bits per heavy atom. The topological polar surface area (TPSA) is 164 Å². The number of pyridine rings is 2. The Morgan fingerprint density at radius 2 is 1.80 bits per heavy atom. The van der Waals surface area contributed by atoms with Gasteiger partial charge in [0.25, 0.3) is 5.91 Å². The van der Waals surface area contributed by atoms with Gasteiger partial charge in [-0.2, -0.15) is 10.5 Å². The number of ether oxygens (including phenoxy) is 2. The van der Waals surface area contributed by atoms with Crippen LogP contribution in [0, 0.1) is 22.7 Å². The zero-order chi connectivity index (χ0) is 29.3. The third-order valence-corrected chi connectivity index (χ3v) is 6.48. The molecular formula is C29H30N6O4S. The van der Waals surface area contributed by atoms with E-state index in [1.165, 1.54) is 18.8 Å². The van der Waals surface area contributed by atoms with Crippen LogP contribution in [0.25, 0.3) is 11.1 Å². The predicted molar refractivity (Wildman–Crippen MR) is 151 cm³/mol. The molecule has 3 N–H and O–H groups in total. The van der Waals surface area contributed by atoms with E-state index in [0.717, 1.165) is 5.56 Å². The van der Waals surface area contributed by atoms with Crippen LogP contribution in [0.2, 0.25) is 0 Å². The fourth-order valence-electron chi connectivity index (χ4n) is 3.68. The van der Waals surface area contributed by atoms with Crippen LogP contribution < -0.4 is 15.8 Å². The summed E-state index contributed by atoms with van der Waals surface area (Å²) in [7, 11) is 1.53. The maximum Gasteiger partial charge on any atom is 0.306 e. The summed E-state index contributed by atoms with van der Waals surface area (Å²) < 4.78 is 11.0. The van der Waals surface area contributed by atoms with Crippen molar-refractivity contribution in [2.24, 2.45) is 0 Å². The Morgan fingerprint density at radius 3 is 2.42 bits per heavy atom. The molecule has 0 aliphatic carbocycles. The van der Waals surface area contributed by atoms with Gasteiger partial charge in [-0.15, -0.1) is 11.8 Å². The van der Waals surface area contributed by atoms with Crippen LogP contribution in [0.5, 0.6) is 5.75 Å². The Bertz CT molecular complexity index is 1470. The molecule has 0 bridgehead atoms. The fraction of sp³-hybridized carbons (Fsp3) is 0.310. The number of amides is 1. The molecule has 0 fully saturated rings. The van der Waals surface area contributed by atoms with E-state index in [1.807, 2.05) is 20.8 Å². The second kappa shape index (κ2) is 13.5. The standard InChI is InChI=1S/C29H30N6O4S/c1-29(2,3)39-24(36)6-5-13-38-20-9-7-19(8-10-20)25-21(15-30)26(32)35-28(22(25)16-31)40-17-18-11-12-34-23(14-18)27(37)33-4/h7-12,14H,5-6,13,17H2,1-4H3,(H2,32,35)(H,33,37). The maximum atomic E-state index is 11.9. The molecule has 0 unspecified atom stereocenters. The summed E-state index contributed by atoms with van der Waals surface area (Å²) in [5.74, 6) is 0.408. The molecule has 206 valence electrons. The van der Waals surface area contributed by atoms with Crippen LogP contribution in [0.1, 0.15) is 60.8 Å². The molecule has 3 rings (SSSR count). The molecule has 0 radical (unpaired) electrons. The third kappa shape index (κ3) is 7.95. The first kappa shape index (κ1) is 29.9. The largest absolute Gasteiger partial charge is 0.494 e. The average Bonchev–Trinajstić information content (AvgIpc) is 2.93. The summed E-state index contributed by atoms with van der Waals surface area (Å²) >= 11 is 1.27. The summed E-state index contributed by atoms with van der Waals surface area (Å²) in [6.45, 7) is 5.79. The number of aromatic nitrogens is 2. The van der Waals surface area contributed by atoms with E-state index in [2.05, 4.69) is 27.4 Å². The molecule has 3 aromatic rings. The zero-order valence-electron chi connectivity index (χ0n) is 22.8. The number of hydrogen-bond donors (Lipinski definition) is 2. The number of carbonyl (C=O) groups excluding carboxylic acids is 2. The molecule has 0 saturated carbocycles. The van der Waals surface area contributed by atoms with Crippen LogP contribution in [0.4, 0.5) is 5.82 Å². The summed E-state index contributed by atoms with van der Waals surface area (Å²) in [6, 6.07) is 14.6. The van der Waals surface area contributed by atoms with E-state index in [4.69, 9.17) is 15.2 Å². The van der Waals surface area contributed by atoms with E-state index in [9.17, 15) is 20.1 Å². The van der Waals surface area contributed by atoms with Crippen molar-refractivity contribution < 1.29 is 19.1 Å². The van der Waals surface area contributed by atoms with Gasteiger partial charge in [0.2, 0.25) is 0 Å². The monoisotopic (exact) mass is 558 g/mol. The van der Waals surface area contributed by atoms with Gasteiger partial charge < -0.3 is 20.5 Å². The number of nitrogen functional groups attached to an aromatic ring is 1. The number of nitrogens with two attached hydrogens (primary N) is 1. The van der Waals surface area contributed by atoms with E-state index in [0.29, 0.717) is 40.7 Å². The Hall–Kier alpha value is -4.61. The first-order chi connectivity index (χ1) is 19.1. The Labute approximate surface area is 237 Å². The van der Waals surface area contributed by atoms with Crippen LogP contribution in [-0.2, 0) is 15.3 Å². The number of nitrogens with one attached hydrogen (secondary N) is 1. The van der Waals surface area contributed by atoms with Crippen molar-refractivity contribution in [2.45, 2.75) is 50.0 Å². The second-order valence-corrected chi connectivity index (χ2v) is 10.6. The summed E-state index contributed by atoms with van der Waals surface area (Å²) in [5.41, 5.74) is 8.02. The minimum absolute atomic E-state index is 0.0160. The molecule has 11 heteroatoms. The van der Waals surface area contributed by atoms with Crippen LogP contribution in [-0.4, -0.2) is 41.1 Å². The molecular weight excluding hydrogens is 528 g/mol. The lowest BCUT2D eigenvalue weighted by molar-refractivity contribution is -0.155. The number of nitriles is 2. The van der Waals surface area contributed by atoms with E-state index >= 15 is 0 Å². The highest BCUT2D eigenvalue weighted by molar-refractivity contribution is 7.98. The number of carbonyl (C=O) groups is 2. The van der Waals surface area contributed by atoms with Crippen LogP contribution >= 0.6 is 11.8 Å². The highest BCUT2D eigenvalue weighted by atomic mass is 32.2. The number of benzene rings is 1. The predicted octanol–water partition coefficient (Wildman–Crippen LogP) is 4.62. The molecule has 40 heavy (non-hydrogen) atoms. The van der Waals surface area contributed by atoms with E-state index < -0.39 is 5.60 Å². The highest BCUT2D eigenvalue weighted by Gasteiger charge is 2.21. The number of hydrogen-bond acceptors (Lipinski definition) is 10. The molecule has 0 aliphatic heterocycles. The molecule has 0 spiro atoms. The van der Waals surface area contributed by atoms with Gasteiger partial charge in [-0.3, -0.25) is 14.6 Å². The lowest BCUT2D eigenvalue weighted by atomic mass is 9.97. The van der Waals surface area contributed by atoms with Gasteiger partial charge in [-0.05, 0) is 62.6 Å². The third-order valence-electron chi connectivity index (χ3n) is 5.43. The van der Waals surface area contributed by atoms with Crippen molar-refractivity contribution >= 4 is 29.5 Å². The van der Waals surface area contributed by atoms with Crippen molar-refractivity contribution in [1.82, 2.24) is 15.3 Å². The number of thioether (sulfide) groups is 1. The number of esters is 1. The number of anilines is 1. The van der Waals surface area contributed by atoms with Crippen molar-refractivity contribution in [3.63, 3.8) is 0 Å².